The molecule has 0 atom stereocenters. The van der Waals surface area contributed by atoms with Crippen LogP contribution in [0, 0.1) is 0 Å². The molecule has 2 aromatic heterocycles. The van der Waals surface area contributed by atoms with Crippen molar-refractivity contribution in [2.45, 2.75) is 6.42 Å². The standard InChI is InChI=1S/C21H24N8O/c22-19-20(27-26-18(30)14-16-6-2-1-3-7-16)24-15-25-21(19)29-12-10-28(11-13-29)17-8-4-5-9-23-17/h1-9,15H,10-14,22H2,(H,26,30)(H,24,25,27). The molecule has 1 fully saturated rings. The number of aromatic nitrogens is 3. The number of amides is 1. The van der Waals surface area contributed by atoms with Crippen LogP contribution in [0.25, 0.3) is 0 Å². The van der Waals surface area contributed by atoms with E-state index in [1.807, 2.05) is 48.5 Å². The van der Waals surface area contributed by atoms with Gasteiger partial charge in [-0.1, -0.05) is 36.4 Å². The molecule has 1 aliphatic rings. The van der Waals surface area contributed by atoms with E-state index in [-0.39, 0.29) is 12.3 Å². The number of hydrazine groups is 1. The number of pyridine rings is 1. The molecule has 0 spiro atoms. The zero-order chi connectivity index (χ0) is 20.8. The van der Waals surface area contributed by atoms with Crippen LogP contribution in [-0.4, -0.2) is 47.0 Å². The Morgan fingerprint density at radius 2 is 1.67 bits per heavy atom. The second kappa shape index (κ2) is 9.08. The molecule has 3 aromatic rings. The number of hydrogen-bond donors (Lipinski definition) is 3. The molecule has 3 heterocycles. The summed E-state index contributed by atoms with van der Waals surface area (Å²) >= 11 is 0. The summed E-state index contributed by atoms with van der Waals surface area (Å²) in [4.78, 5) is 29.5. The van der Waals surface area contributed by atoms with Gasteiger partial charge in [-0.05, 0) is 17.7 Å². The third kappa shape index (κ3) is 4.57. The first-order valence-electron chi connectivity index (χ1n) is 9.81. The van der Waals surface area contributed by atoms with Crippen molar-refractivity contribution in [1.29, 1.82) is 0 Å². The molecule has 0 bridgehead atoms. The summed E-state index contributed by atoms with van der Waals surface area (Å²) in [5.41, 5.74) is 13.1. The van der Waals surface area contributed by atoms with E-state index in [0.29, 0.717) is 17.3 Å². The molecule has 0 aliphatic carbocycles. The molecule has 1 aromatic carbocycles. The quantitative estimate of drug-likeness (QED) is 0.530. The Hall–Kier alpha value is -3.88. The fraction of sp³-hybridized carbons (Fsp3) is 0.238. The van der Waals surface area contributed by atoms with E-state index in [2.05, 4.69) is 35.6 Å². The van der Waals surface area contributed by atoms with Gasteiger partial charge in [-0.3, -0.25) is 15.6 Å². The fourth-order valence-corrected chi connectivity index (χ4v) is 3.38. The maximum Gasteiger partial charge on any atom is 0.242 e. The minimum absolute atomic E-state index is 0.176. The van der Waals surface area contributed by atoms with Crippen LogP contribution in [0.2, 0.25) is 0 Å². The van der Waals surface area contributed by atoms with Gasteiger partial charge in [0.15, 0.2) is 11.6 Å². The Morgan fingerprint density at radius 1 is 0.933 bits per heavy atom. The average molecular weight is 404 g/mol. The number of nitrogens with one attached hydrogen (secondary N) is 2. The Bertz CT molecular complexity index is 975. The maximum absolute atomic E-state index is 12.2. The van der Waals surface area contributed by atoms with E-state index in [1.165, 1.54) is 6.33 Å². The molecule has 4 rings (SSSR count). The van der Waals surface area contributed by atoms with Gasteiger partial charge in [0, 0.05) is 32.4 Å². The van der Waals surface area contributed by atoms with Crippen molar-refractivity contribution in [1.82, 2.24) is 20.4 Å². The summed E-state index contributed by atoms with van der Waals surface area (Å²) in [5, 5.41) is 0. The smallest absolute Gasteiger partial charge is 0.242 e. The van der Waals surface area contributed by atoms with Crippen LogP contribution in [0.3, 0.4) is 0 Å². The third-order valence-corrected chi connectivity index (χ3v) is 4.94. The summed E-state index contributed by atoms with van der Waals surface area (Å²) in [5.74, 6) is 1.83. The Morgan fingerprint density at radius 3 is 2.40 bits per heavy atom. The van der Waals surface area contributed by atoms with Gasteiger partial charge in [0.25, 0.3) is 0 Å². The molecule has 0 saturated carbocycles. The summed E-state index contributed by atoms with van der Waals surface area (Å²) in [7, 11) is 0. The maximum atomic E-state index is 12.2. The highest BCUT2D eigenvalue weighted by molar-refractivity contribution is 5.82. The molecular formula is C21H24N8O. The van der Waals surface area contributed by atoms with Crippen molar-refractivity contribution in [3.63, 3.8) is 0 Å². The summed E-state index contributed by atoms with van der Waals surface area (Å²) in [6.07, 6.45) is 3.51. The van der Waals surface area contributed by atoms with Crippen molar-refractivity contribution in [3.8, 4) is 0 Å². The van der Waals surface area contributed by atoms with Gasteiger partial charge in [-0.15, -0.1) is 0 Å². The van der Waals surface area contributed by atoms with Crippen molar-refractivity contribution < 1.29 is 4.79 Å². The topological polar surface area (TPSA) is 112 Å². The van der Waals surface area contributed by atoms with Crippen LogP contribution < -0.4 is 26.4 Å². The number of piperazine rings is 1. The van der Waals surface area contributed by atoms with E-state index in [9.17, 15) is 4.79 Å². The lowest BCUT2D eigenvalue weighted by Gasteiger charge is -2.36. The van der Waals surface area contributed by atoms with Gasteiger partial charge in [0.2, 0.25) is 5.91 Å². The number of carbonyl (C=O) groups is 1. The normalized spacial score (nSPS) is 13.7. The molecule has 154 valence electrons. The monoisotopic (exact) mass is 404 g/mol. The zero-order valence-corrected chi connectivity index (χ0v) is 16.5. The molecule has 0 radical (unpaired) electrons. The van der Waals surface area contributed by atoms with E-state index in [4.69, 9.17) is 5.73 Å². The van der Waals surface area contributed by atoms with Gasteiger partial charge in [-0.25, -0.2) is 15.0 Å². The lowest BCUT2D eigenvalue weighted by atomic mass is 10.1. The van der Waals surface area contributed by atoms with E-state index < -0.39 is 0 Å². The van der Waals surface area contributed by atoms with Crippen LogP contribution in [-0.2, 0) is 11.2 Å². The molecule has 1 aliphatic heterocycles. The molecule has 30 heavy (non-hydrogen) atoms. The Kier molecular flexibility index (Phi) is 5.88. The highest BCUT2D eigenvalue weighted by Crippen LogP contribution is 2.27. The van der Waals surface area contributed by atoms with Crippen LogP contribution in [0.1, 0.15) is 5.56 Å². The van der Waals surface area contributed by atoms with Crippen molar-refractivity contribution in [2.75, 3.05) is 47.1 Å². The number of anilines is 4. The number of nitrogens with zero attached hydrogens (tertiary/aromatic N) is 5. The molecule has 1 saturated heterocycles. The molecule has 9 heteroatoms. The van der Waals surface area contributed by atoms with Crippen LogP contribution in [0.15, 0.2) is 61.1 Å². The second-order valence-corrected chi connectivity index (χ2v) is 6.96. The minimum Gasteiger partial charge on any atom is -0.393 e. The van der Waals surface area contributed by atoms with E-state index in [0.717, 1.165) is 37.6 Å². The Balaban J connectivity index is 1.35. The number of carbonyl (C=O) groups excluding carboxylic acids is 1. The number of rotatable bonds is 6. The van der Waals surface area contributed by atoms with Gasteiger partial charge in [0.1, 0.15) is 17.8 Å². The van der Waals surface area contributed by atoms with Crippen molar-refractivity contribution in [2.24, 2.45) is 0 Å². The molecule has 1 amide bonds. The molecule has 0 unspecified atom stereocenters. The zero-order valence-electron chi connectivity index (χ0n) is 16.5. The number of benzene rings is 1. The minimum atomic E-state index is -0.176. The van der Waals surface area contributed by atoms with Gasteiger partial charge in [-0.2, -0.15) is 0 Å². The van der Waals surface area contributed by atoms with Crippen LogP contribution in [0.4, 0.5) is 23.1 Å². The predicted molar refractivity (Wildman–Crippen MR) is 117 cm³/mol. The second-order valence-electron chi connectivity index (χ2n) is 6.96. The molecular weight excluding hydrogens is 380 g/mol. The average Bonchev–Trinajstić information content (AvgIpc) is 2.80. The summed E-state index contributed by atoms with van der Waals surface area (Å²) in [6.45, 7) is 3.16. The lowest BCUT2D eigenvalue weighted by Crippen LogP contribution is -2.47. The highest BCUT2D eigenvalue weighted by Gasteiger charge is 2.22. The summed E-state index contributed by atoms with van der Waals surface area (Å²) in [6, 6.07) is 15.4. The Labute approximate surface area is 174 Å². The molecule has 4 N–H and O–H groups in total. The summed E-state index contributed by atoms with van der Waals surface area (Å²) < 4.78 is 0. The van der Waals surface area contributed by atoms with E-state index >= 15 is 0 Å². The first-order valence-corrected chi connectivity index (χ1v) is 9.81. The van der Waals surface area contributed by atoms with Gasteiger partial charge >= 0.3 is 0 Å². The predicted octanol–water partition coefficient (Wildman–Crippen LogP) is 1.47. The highest BCUT2D eigenvalue weighted by atomic mass is 16.2. The van der Waals surface area contributed by atoms with Gasteiger partial charge < -0.3 is 15.5 Å². The lowest BCUT2D eigenvalue weighted by molar-refractivity contribution is -0.119. The first kappa shape index (κ1) is 19.4. The largest absolute Gasteiger partial charge is 0.393 e. The number of nitrogen functional groups attached to an aromatic ring is 1. The SMILES string of the molecule is Nc1c(NNC(=O)Cc2ccccc2)ncnc1N1CCN(c2ccccn2)CC1. The van der Waals surface area contributed by atoms with Crippen LogP contribution >= 0.6 is 0 Å². The first-order chi connectivity index (χ1) is 14.7. The van der Waals surface area contributed by atoms with Gasteiger partial charge in [0.05, 0.1) is 6.42 Å². The third-order valence-electron chi connectivity index (χ3n) is 4.94. The van der Waals surface area contributed by atoms with Crippen molar-refractivity contribution >= 4 is 29.0 Å². The van der Waals surface area contributed by atoms with Crippen molar-refractivity contribution in [3.05, 3.63) is 66.6 Å². The molecule has 9 nitrogen and oxygen atoms in total. The van der Waals surface area contributed by atoms with Crippen LogP contribution in [0.5, 0.6) is 0 Å². The number of hydrogen-bond acceptors (Lipinski definition) is 8. The fourth-order valence-electron chi connectivity index (χ4n) is 3.38. The number of nitrogens with two attached hydrogens (primary N) is 1. The van der Waals surface area contributed by atoms with E-state index in [1.54, 1.807) is 6.20 Å².